The zero-order valence-corrected chi connectivity index (χ0v) is 12.8. The first-order valence-corrected chi connectivity index (χ1v) is 6.87. The number of hydrogen-bond donors (Lipinski definition) is 1. The second kappa shape index (κ2) is 6.54. The monoisotopic (exact) mass is 305 g/mol. The topological polar surface area (TPSA) is 64.1 Å². The van der Waals surface area contributed by atoms with E-state index in [1.54, 1.807) is 30.3 Å². The van der Waals surface area contributed by atoms with Gasteiger partial charge in [-0.25, -0.2) is 0 Å². The Kier molecular flexibility index (Phi) is 4.75. The lowest BCUT2D eigenvalue weighted by molar-refractivity contribution is 0.102. The fourth-order valence-electron chi connectivity index (χ4n) is 1.74. The van der Waals surface area contributed by atoms with Crippen molar-refractivity contribution in [1.29, 1.82) is 0 Å². The summed E-state index contributed by atoms with van der Waals surface area (Å²) in [4.78, 5) is 12.2. The van der Waals surface area contributed by atoms with Crippen LogP contribution in [0.1, 0.15) is 35.9 Å². The van der Waals surface area contributed by atoms with Gasteiger partial charge in [0.05, 0.1) is 18.5 Å². The molecule has 0 spiro atoms. The van der Waals surface area contributed by atoms with Crippen LogP contribution in [0.25, 0.3) is 0 Å². The van der Waals surface area contributed by atoms with E-state index < -0.39 is 0 Å². The van der Waals surface area contributed by atoms with Gasteiger partial charge >= 0.3 is 0 Å². The molecule has 1 N–H and O–H groups in total. The van der Waals surface area contributed by atoms with Crippen LogP contribution in [0, 0.1) is 0 Å². The van der Waals surface area contributed by atoms with Crippen molar-refractivity contribution in [2.75, 3.05) is 12.4 Å². The van der Waals surface area contributed by atoms with E-state index in [2.05, 4.69) is 15.5 Å². The molecule has 6 heteroatoms. The van der Waals surface area contributed by atoms with E-state index in [0.717, 1.165) is 5.69 Å². The predicted octanol–water partition coefficient (Wildman–Crippen LogP) is 3.51. The average Bonchev–Trinajstić information content (AvgIpc) is 2.47. The molecule has 1 amide bonds. The fourth-order valence-corrected chi connectivity index (χ4v) is 1.91. The number of amides is 1. The molecule has 1 heterocycles. The molecule has 1 aromatic carbocycles. The van der Waals surface area contributed by atoms with Crippen molar-refractivity contribution >= 4 is 23.2 Å². The summed E-state index contributed by atoms with van der Waals surface area (Å²) >= 11 is 5.92. The van der Waals surface area contributed by atoms with Crippen LogP contribution in [0.2, 0.25) is 5.02 Å². The maximum absolute atomic E-state index is 12.2. The molecule has 0 fully saturated rings. The van der Waals surface area contributed by atoms with Crippen LogP contribution < -0.4 is 10.1 Å². The first kappa shape index (κ1) is 15.3. The van der Waals surface area contributed by atoms with Crippen molar-refractivity contribution < 1.29 is 9.53 Å². The molecule has 21 heavy (non-hydrogen) atoms. The lowest BCUT2D eigenvalue weighted by Crippen LogP contribution is -2.15. The maximum atomic E-state index is 12.2. The number of nitrogens with one attached hydrogen (secondary N) is 1. The number of carbonyl (C=O) groups excluding carboxylic acids is 1. The highest BCUT2D eigenvalue weighted by Gasteiger charge is 2.12. The van der Waals surface area contributed by atoms with Gasteiger partial charge in [-0.1, -0.05) is 25.4 Å². The van der Waals surface area contributed by atoms with E-state index in [-0.39, 0.29) is 17.5 Å². The SMILES string of the molecule is COc1ccc(Cl)cc1NC(=O)c1ccc(C(C)C)nn1. The first-order chi connectivity index (χ1) is 10.0. The fraction of sp³-hybridized carbons (Fsp3) is 0.267. The van der Waals surface area contributed by atoms with Crippen LogP contribution in [-0.4, -0.2) is 23.2 Å². The zero-order chi connectivity index (χ0) is 15.4. The third kappa shape index (κ3) is 3.70. The number of ether oxygens (including phenoxy) is 1. The number of aromatic nitrogens is 2. The molecule has 0 atom stereocenters. The van der Waals surface area contributed by atoms with Crippen LogP contribution in [0.5, 0.6) is 5.75 Å². The normalized spacial score (nSPS) is 10.5. The molecule has 1 aromatic heterocycles. The molecule has 0 radical (unpaired) electrons. The molecule has 0 aliphatic rings. The summed E-state index contributed by atoms with van der Waals surface area (Å²) < 4.78 is 5.18. The van der Waals surface area contributed by atoms with Gasteiger partial charge in [0.2, 0.25) is 0 Å². The van der Waals surface area contributed by atoms with Crippen LogP contribution in [-0.2, 0) is 0 Å². The number of methoxy groups -OCH3 is 1. The van der Waals surface area contributed by atoms with Crippen LogP contribution in [0.15, 0.2) is 30.3 Å². The van der Waals surface area contributed by atoms with Crippen molar-refractivity contribution in [2.45, 2.75) is 19.8 Å². The smallest absolute Gasteiger partial charge is 0.276 e. The molecule has 0 aliphatic carbocycles. The van der Waals surface area contributed by atoms with Gasteiger partial charge in [-0.15, -0.1) is 5.10 Å². The van der Waals surface area contributed by atoms with Gasteiger partial charge < -0.3 is 10.1 Å². The number of hydrogen-bond acceptors (Lipinski definition) is 4. The van der Waals surface area contributed by atoms with Crippen molar-refractivity contribution in [1.82, 2.24) is 10.2 Å². The minimum atomic E-state index is -0.363. The quantitative estimate of drug-likeness (QED) is 0.938. The predicted molar refractivity (Wildman–Crippen MR) is 82.1 cm³/mol. The van der Waals surface area contributed by atoms with Gasteiger partial charge in [0, 0.05) is 5.02 Å². The number of anilines is 1. The van der Waals surface area contributed by atoms with E-state index in [1.807, 2.05) is 13.8 Å². The first-order valence-electron chi connectivity index (χ1n) is 6.49. The van der Waals surface area contributed by atoms with Gasteiger partial charge in [0.1, 0.15) is 5.75 Å². The molecule has 2 rings (SSSR count). The van der Waals surface area contributed by atoms with Gasteiger partial charge in [-0.3, -0.25) is 4.79 Å². The lowest BCUT2D eigenvalue weighted by atomic mass is 10.1. The Bertz CT molecular complexity index is 642. The zero-order valence-electron chi connectivity index (χ0n) is 12.1. The Labute approximate surface area is 128 Å². The highest BCUT2D eigenvalue weighted by Crippen LogP contribution is 2.27. The number of nitrogens with zero attached hydrogens (tertiary/aromatic N) is 2. The standard InChI is InChI=1S/C15H16ClN3O2/c1-9(2)11-5-6-12(19-18-11)15(20)17-13-8-10(16)4-7-14(13)21-3/h4-9H,1-3H3,(H,17,20). The molecule has 110 valence electrons. The Hall–Kier alpha value is -2.14. The molecule has 0 saturated carbocycles. The molecule has 0 aliphatic heterocycles. The number of halogens is 1. The van der Waals surface area contributed by atoms with Crippen LogP contribution >= 0.6 is 11.6 Å². The molecule has 2 aromatic rings. The third-order valence-corrected chi connectivity index (χ3v) is 3.15. The van der Waals surface area contributed by atoms with Crippen LogP contribution in [0.4, 0.5) is 5.69 Å². The van der Waals surface area contributed by atoms with E-state index >= 15 is 0 Å². The van der Waals surface area contributed by atoms with Crippen molar-refractivity contribution in [3.63, 3.8) is 0 Å². The molecule has 0 bridgehead atoms. The summed E-state index contributed by atoms with van der Waals surface area (Å²) in [6.45, 7) is 4.03. The van der Waals surface area contributed by atoms with Gasteiger partial charge in [0.15, 0.2) is 5.69 Å². The minimum Gasteiger partial charge on any atom is -0.495 e. The average molecular weight is 306 g/mol. The molecule has 0 saturated heterocycles. The summed E-state index contributed by atoms with van der Waals surface area (Å²) in [5, 5.41) is 11.2. The van der Waals surface area contributed by atoms with E-state index in [1.165, 1.54) is 7.11 Å². The van der Waals surface area contributed by atoms with Gasteiger partial charge in [0.25, 0.3) is 5.91 Å². The molecular formula is C15H16ClN3O2. The lowest BCUT2D eigenvalue weighted by Gasteiger charge is -2.10. The largest absolute Gasteiger partial charge is 0.495 e. The van der Waals surface area contributed by atoms with Gasteiger partial charge in [-0.05, 0) is 36.2 Å². The third-order valence-electron chi connectivity index (χ3n) is 2.92. The van der Waals surface area contributed by atoms with E-state index in [4.69, 9.17) is 16.3 Å². The Balaban J connectivity index is 2.19. The highest BCUT2D eigenvalue weighted by molar-refractivity contribution is 6.31. The van der Waals surface area contributed by atoms with E-state index in [9.17, 15) is 4.79 Å². The summed E-state index contributed by atoms with van der Waals surface area (Å²) in [7, 11) is 1.52. The molecule has 0 unspecified atom stereocenters. The Morgan fingerprint density at radius 2 is 2.00 bits per heavy atom. The van der Waals surface area contributed by atoms with Crippen molar-refractivity contribution in [2.24, 2.45) is 0 Å². The van der Waals surface area contributed by atoms with Crippen molar-refractivity contribution in [3.8, 4) is 5.75 Å². The van der Waals surface area contributed by atoms with Crippen LogP contribution in [0.3, 0.4) is 0 Å². The Morgan fingerprint density at radius 1 is 1.24 bits per heavy atom. The summed E-state index contributed by atoms with van der Waals surface area (Å²) in [5.74, 6) is 0.431. The second-order valence-corrected chi connectivity index (χ2v) is 5.23. The van der Waals surface area contributed by atoms with Crippen molar-refractivity contribution in [3.05, 3.63) is 46.7 Å². The summed E-state index contributed by atoms with van der Waals surface area (Å²) in [6.07, 6.45) is 0. The minimum absolute atomic E-state index is 0.237. The number of carbonyl (C=O) groups is 1. The summed E-state index contributed by atoms with van der Waals surface area (Å²) in [6, 6.07) is 8.43. The second-order valence-electron chi connectivity index (χ2n) is 4.80. The van der Waals surface area contributed by atoms with Gasteiger partial charge in [-0.2, -0.15) is 5.10 Å². The molecular weight excluding hydrogens is 290 g/mol. The molecule has 5 nitrogen and oxygen atoms in total. The Morgan fingerprint density at radius 3 is 2.57 bits per heavy atom. The summed E-state index contributed by atoms with van der Waals surface area (Å²) in [5.41, 5.74) is 1.57. The maximum Gasteiger partial charge on any atom is 0.276 e. The number of benzene rings is 1. The number of rotatable bonds is 4. The van der Waals surface area contributed by atoms with E-state index in [0.29, 0.717) is 16.5 Å². The highest BCUT2D eigenvalue weighted by atomic mass is 35.5.